The molecule has 0 bridgehead atoms. The zero-order chi connectivity index (χ0) is 18.8. The second kappa shape index (κ2) is 7.64. The van der Waals surface area contributed by atoms with Crippen molar-refractivity contribution in [2.24, 2.45) is 7.05 Å². The van der Waals surface area contributed by atoms with Crippen LogP contribution < -0.4 is 15.3 Å². The Morgan fingerprint density at radius 1 is 1.19 bits per heavy atom. The normalized spacial score (nSPS) is 18.4. The molecule has 144 valence electrons. The monoisotopic (exact) mass is 370 g/mol. The fraction of sp³-hybridized carbons (Fsp3) is 0.579. The highest BCUT2D eigenvalue weighted by Crippen LogP contribution is 2.36. The molecule has 0 aromatic carbocycles. The van der Waals surface area contributed by atoms with Gasteiger partial charge in [-0.15, -0.1) is 0 Å². The molecule has 0 spiro atoms. The Morgan fingerprint density at radius 3 is 2.59 bits per heavy atom. The van der Waals surface area contributed by atoms with Crippen molar-refractivity contribution < 1.29 is 4.74 Å². The average molecular weight is 370 g/mol. The van der Waals surface area contributed by atoms with Crippen LogP contribution in [0.4, 0.5) is 5.82 Å². The van der Waals surface area contributed by atoms with E-state index in [2.05, 4.69) is 24.8 Å². The van der Waals surface area contributed by atoms with Crippen LogP contribution in [0.5, 0.6) is 5.88 Å². The van der Waals surface area contributed by atoms with Crippen molar-refractivity contribution >= 4 is 5.82 Å². The quantitative estimate of drug-likeness (QED) is 0.756. The summed E-state index contributed by atoms with van der Waals surface area (Å²) in [6.45, 7) is 2.72. The lowest BCUT2D eigenvalue weighted by molar-refractivity contribution is 0.198. The van der Waals surface area contributed by atoms with Gasteiger partial charge >= 0.3 is 5.69 Å². The minimum absolute atomic E-state index is 0.194. The first-order chi connectivity index (χ1) is 13.1. The summed E-state index contributed by atoms with van der Waals surface area (Å²) in [5, 5.41) is 0. The van der Waals surface area contributed by atoms with Crippen LogP contribution in [0.3, 0.4) is 0 Å². The van der Waals surface area contributed by atoms with Gasteiger partial charge in [-0.1, -0.05) is 0 Å². The van der Waals surface area contributed by atoms with Crippen molar-refractivity contribution in [2.75, 3.05) is 25.1 Å². The molecule has 0 unspecified atom stereocenters. The van der Waals surface area contributed by atoms with Gasteiger partial charge in [-0.05, 0) is 31.7 Å². The summed E-state index contributed by atoms with van der Waals surface area (Å²) in [7, 11) is 3.36. The highest BCUT2D eigenvalue weighted by atomic mass is 16.5. The summed E-state index contributed by atoms with van der Waals surface area (Å²) in [5.41, 5.74) is 0.649. The van der Waals surface area contributed by atoms with E-state index < -0.39 is 0 Å². The Morgan fingerprint density at radius 2 is 1.93 bits per heavy atom. The summed E-state index contributed by atoms with van der Waals surface area (Å²) in [5.74, 6) is 1.58. The second-order valence-corrected chi connectivity index (χ2v) is 7.38. The average Bonchev–Trinajstić information content (AvgIpc) is 3.51. The van der Waals surface area contributed by atoms with Crippen LogP contribution in [-0.2, 0) is 13.6 Å². The Labute approximate surface area is 158 Å². The lowest BCUT2D eigenvalue weighted by Crippen LogP contribution is -2.46. The molecular weight excluding hydrogens is 344 g/mol. The van der Waals surface area contributed by atoms with Crippen molar-refractivity contribution in [3.05, 3.63) is 40.8 Å². The molecular formula is C19H26N6O2. The van der Waals surface area contributed by atoms with E-state index in [1.807, 2.05) is 12.1 Å². The Kier molecular flexibility index (Phi) is 5.07. The molecule has 2 aliphatic rings. The van der Waals surface area contributed by atoms with E-state index >= 15 is 0 Å². The van der Waals surface area contributed by atoms with Crippen LogP contribution >= 0.6 is 0 Å². The first kappa shape index (κ1) is 17.9. The smallest absolute Gasteiger partial charge is 0.347 e. The van der Waals surface area contributed by atoms with Gasteiger partial charge in [0, 0.05) is 51.0 Å². The summed E-state index contributed by atoms with van der Waals surface area (Å²) >= 11 is 0. The van der Waals surface area contributed by atoms with Crippen LogP contribution in [0.15, 0.2) is 29.5 Å². The van der Waals surface area contributed by atoms with Gasteiger partial charge in [-0.2, -0.15) is 4.98 Å². The van der Waals surface area contributed by atoms with Gasteiger partial charge in [0.15, 0.2) is 0 Å². The van der Waals surface area contributed by atoms with Crippen molar-refractivity contribution in [1.82, 2.24) is 24.4 Å². The van der Waals surface area contributed by atoms with Gasteiger partial charge in [0.25, 0.3) is 0 Å². The topological polar surface area (TPSA) is 76.4 Å². The molecule has 1 saturated heterocycles. The summed E-state index contributed by atoms with van der Waals surface area (Å²) < 4.78 is 6.77. The molecule has 8 nitrogen and oxygen atoms in total. The van der Waals surface area contributed by atoms with Crippen molar-refractivity contribution in [3.8, 4) is 5.88 Å². The number of anilines is 1. The summed E-state index contributed by atoms with van der Waals surface area (Å²) in [6.07, 6.45) is 7.98. The number of hydrogen-bond donors (Lipinski definition) is 0. The number of aromatic nitrogens is 4. The highest BCUT2D eigenvalue weighted by Gasteiger charge is 2.36. The zero-order valence-corrected chi connectivity index (χ0v) is 15.9. The van der Waals surface area contributed by atoms with E-state index in [0.717, 1.165) is 44.0 Å². The second-order valence-electron chi connectivity index (χ2n) is 7.38. The number of methoxy groups -OCH3 is 1. The molecule has 2 aromatic heterocycles. The van der Waals surface area contributed by atoms with Crippen molar-refractivity contribution in [3.63, 3.8) is 0 Å². The van der Waals surface area contributed by atoms with Crippen molar-refractivity contribution in [1.29, 1.82) is 0 Å². The van der Waals surface area contributed by atoms with Crippen LogP contribution in [0.2, 0.25) is 0 Å². The molecule has 0 amide bonds. The first-order valence-electron chi connectivity index (χ1n) is 9.53. The maximum Gasteiger partial charge on any atom is 0.347 e. The number of hydrogen-bond acceptors (Lipinski definition) is 7. The molecule has 2 aromatic rings. The van der Waals surface area contributed by atoms with Gasteiger partial charge in [0.05, 0.1) is 12.8 Å². The van der Waals surface area contributed by atoms with Gasteiger partial charge < -0.3 is 14.2 Å². The van der Waals surface area contributed by atoms with E-state index in [1.54, 1.807) is 26.7 Å². The molecule has 27 heavy (non-hydrogen) atoms. The molecule has 2 fully saturated rings. The van der Waals surface area contributed by atoms with E-state index in [0.29, 0.717) is 18.0 Å². The Bertz CT molecular complexity index is 842. The molecule has 1 saturated carbocycles. The number of piperidine rings is 1. The third-order valence-electron chi connectivity index (χ3n) is 5.41. The Hall–Kier alpha value is -2.48. The fourth-order valence-corrected chi connectivity index (χ4v) is 3.78. The van der Waals surface area contributed by atoms with Crippen molar-refractivity contribution in [2.45, 2.75) is 44.3 Å². The molecule has 4 rings (SSSR count). The van der Waals surface area contributed by atoms with Gasteiger partial charge in [0.1, 0.15) is 12.1 Å². The van der Waals surface area contributed by atoms with E-state index in [4.69, 9.17) is 4.74 Å². The zero-order valence-electron chi connectivity index (χ0n) is 15.9. The SMILES string of the molecule is COc1cc(N(C2CC2)C2CCN(Cc3ccn(C)c(=O)n3)CC2)ncn1. The number of likely N-dealkylation sites (tertiary alicyclic amines) is 1. The summed E-state index contributed by atoms with van der Waals surface area (Å²) in [6, 6.07) is 4.93. The van der Waals surface area contributed by atoms with Gasteiger partial charge in [-0.25, -0.2) is 14.8 Å². The van der Waals surface area contributed by atoms with Crippen LogP contribution in [0, 0.1) is 0 Å². The number of nitrogens with zero attached hydrogens (tertiary/aromatic N) is 6. The lowest BCUT2D eigenvalue weighted by atomic mass is 10.0. The highest BCUT2D eigenvalue weighted by molar-refractivity contribution is 5.45. The van der Waals surface area contributed by atoms with E-state index in [1.165, 1.54) is 17.4 Å². The minimum atomic E-state index is -0.194. The predicted molar refractivity (Wildman–Crippen MR) is 102 cm³/mol. The summed E-state index contributed by atoms with van der Waals surface area (Å²) in [4.78, 5) is 29.4. The standard InChI is InChI=1S/C19H26N6O2/c1-23-8-5-14(22-19(23)26)12-24-9-6-16(7-10-24)25(15-3-4-15)17-11-18(27-2)21-13-20-17/h5,8,11,13,15-16H,3-4,6-7,9-10,12H2,1-2H3. The molecule has 3 heterocycles. The first-order valence-corrected chi connectivity index (χ1v) is 9.53. The molecule has 0 atom stereocenters. The van der Waals surface area contributed by atoms with E-state index in [9.17, 15) is 4.79 Å². The van der Waals surface area contributed by atoms with Crippen LogP contribution in [-0.4, -0.2) is 56.7 Å². The predicted octanol–water partition coefficient (Wildman–Crippen LogP) is 1.21. The molecule has 1 aliphatic heterocycles. The number of ether oxygens (including phenoxy) is 1. The number of rotatable bonds is 6. The maximum atomic E-state index is 11.7. The maximum absolute atomic E-state index is 11.7. The van der Waals surface area contributed by atoms with Gasteiger partial charge in [-0.3, -0.25) is 4.90 Å². The number of aryl methyl sites for hydroxylation is 1. The molecule has 0 N–H and O–H groups in total. The van der Waals surface area contributed by atoms with Gasteiger partial charge in [0.2, 0.25) is 5.88 Å². The minimum Gasteiger partial charge on any atom is -0.481 e. The Balaban J connectivity index is 1.41. The van der Waals surface area contributed by atoms with Crippen LogP contribution in [0.1, 0.15) is 31.4 Å². The lowest BCUT2D eigenvalue weighted by Gasteiger charge is -2.39. The largest absolute Gasteiger partial charge is 0.481 e. The molecule has 8 heteroatoms. The molecule has 1 aliphatic carbocycles. The van der Waals surface area contributed by atoms with Crippen LogP contribution in [0.25, 0.3) is 0 Å². The van der Waals surface area contributed by atoms with E-state index in [-0.39, 0.29) is 5.69 Å². The molecule has 0 radical (unpaired) electrons. The fourth-order valence-electron chi connectivity index (χ4n) is 3.78. The third kappa shape index (κ3) is 4.10. The third-order valence-corrected chi connectivity index (χ3v) is 5.41.